The first-order valence-electron chi connectivity index (χ1n) is 4.82. The molecule has 0 spiro atoms. The highest BCUT2D eigenvalue weighted by Crippen LogP contribution is 2.24. The number of hydrogen-bond acceptors (Lipinski definition) is 4. The third-order valence-corrected chi connectivity index (χ3v) is 2.21. The molecule has 0 unspecified atom stereocenters. The van der Waals surface area contributed by atoms with Crippen LogP contribution in [0.3, 0.4) is 0 Å². The number of ether oxygens (including phenoxy) is 1. The Labute approximate surface area is 89.7 Å². The minimum absolute atomic E-state index is 0.118. The number of aliphatic hydroxyl groups is 1. The molecule has 1 aromatic carbocycles. The van der Waals surface area contributed by atoms with Crippen LogP contribution in [0.1, 0.15) is 5.56 Å². The van der Waals surface area contributed by atoms with E-state index in [2.05, 4.69) is 0 Å². The van der Waals surface area contributed by atoms with Crippen LogP contribution in [0.15, 0.2) is 18.2 Å². The van der Waals surface area contributed by atoms with Crippen LogP contribution in [-0.2, 0) is 6.54 Å². The van der Waals surface area contributed by atoms with Crippen LogP contribution in [0.5, 0.6) is 11.5 Å². The van der Waals surface area contributed by atoms with E-state index < -0.39 is 0 Å². The molecule has 0 aliphatic carbocycles. The molecule has 0 aromatic heterocycles. The van der Waals surface area contributed by atoms with E-state index in [1.807, 2.05) is 24.1 Å². The summed E-state index contributed by atoms with van der Waals surface area (Å²) in [5.41, 5.74) is 0.826. The second-order valence-electron chi connectivity index (χ2n) is 3.46. The average Bonchev–Trinajstić information content (AvgIpc) is 2.21. The monoisotopic (exact) mass is 211 g/mol. The molecule has 4 heteroatoms. The Morgan fingerprint density at radius 1 is 1.40 bits per heavy atom. The molecule has 84 valence electrons. The minimum Gasteiger partial charge on any atom is -0.507 e. The molecule has 0 amide bonds. The minimum atomic E-state index is 0.118. The highest BCUT2D eigenvalue weighted by Gasteiger charge is 2.05. The molecule has 0 bridgehead atoms. The van der Waals surface area contributed by atoms with Crippen LogP contribution in [0.25, 0.3) is 0 Å². The van der Waals surface area contributed by atoms with E-state index >= 15 is 0 Å². The van der Waals surface area contributed by atoms with Gasteiger partial charge in [0.05, 0.1) is 13.7 Å². The molecule has 1 aromatic rings. The van der Waals surface area contributed by atoms with Crippen LogP contribution in [-0.4, -0.2) is 42.4 Å². The molecular weight excluding hydrogens is 194 g/mol. The summed E-state index contributed by atoms with van der Waals surface area (Å²) in [7, 11) is 3.45. The molecular formula is C11H17NO3. The molecule has 4 nitrogen and oxygen atoms in total. The summed E-state index contributed by atoms with van der Waals surface area (Å²) in [6, 6.07) is 5.21. The van der Waals surface area contributed by atoms with Gasteiger partial charge in [-0.05, 0) is 13.1 Å². The zero-order valence-corrected chi connectivity index (χ0v) is 9.10. The molecule has 0 radical (unpaired) electrons. The lowest BCUT2D eigenvalue weighted by molar-refractivity contribution is 0.216. The van der Waals surface area contributed by atoms with Gasteiger partial charge in [0.25, 0.3) is 0 Å². The first-order chi connectivity index (χ1) is 7.17. The van der Waals surface area contributed by atoms with Crippen molar-refractivity contribution in [2.24, 2.45) is 0 Å². The van der Waals surface area contributed by atoms with Gasteiger partial charge >= 0.3 is 0 Å². The summed E-state index contributed by atoms with van der Waals surface area (Å²) in [6.45, 7) is 1.31. The number of nitrogens with zero attached hydrogens (tertiary/aromatic N) is 1. The van der Waals surface area contributed by atoms with E-state index in [0.717, 1.165) is 5.56 Å². The lowest BCUT2D eigenvalue weighted by atomic mass is 10.2. The van der Waals surface area contributed by atoms with Crippen LogP contribution in [0.2, 0.25) is 0 Å². The van der Waals surface area contributed by atoms with E-state index in [1.165, 1.54) is 0 Å². The smallest absolute Gasteiger partial charge is 0.123 e. The summed E-state index contributed by atoms with van der Waals surface area (Å²) >= 11 is 0. The summed E-state index contributed by atoms with van der Waals surface area (Å²) in [5, 5.41) is 18.4. The summed E-state index contributed by atoms with van der Waals surface area (Å²) in [4.78, 5) is 1.93. The predicted molar refractivity (Wildman–Crippen MR) is 58.1 cm³/mol. The van der Waals surface area contributed by atoms with Crippen molar-refractivity contribution in [3.8, 4) is 11.5 Å². The lowest BCUT2D eigenvalue weighted by Gasteiger charge is -2.16. The first-order valence-corrected chi connectivity index (χ1v) is 4.82. The number of benzene rings is 1. The van der Waals surface area contributed by atoms with Gasteiger partial charge in [-0.2, -0.15) is 0 Å². The Hall–Kier alpha value is -1.26. The van der Waals surface area contributed by atoms with Crippen molar-refractivity contribution in [1.29, 1.82) is 0 Å². The molecule has 0 saturated heterocycles. The van der Waals surface area contributed by atoms with Crippen molar-refractivity contribution >= 4 is 0 Å². The van der Waals surface area contributed by atoms with Crippen LogP contribution in [0, 0.1) is 0 Å². The molecule has 0 saturated carbocycles. The number of aromatic hydroxyl groups is 1. The summed E-state index contributed by atoms with van der Waals surface area (Å²) < 4.78 is 4.99. The van der Waals surface area contributed by atoms with E-state index in [4.69, 9.17) is 9.84 Å². The number of aliphatic hydroxyl groups excluding tert-OH is 1. The van der Waals surface area contributed by atoms with Gasteiger partial charge in [-0.1, -0.05) is 6.07 Å². The summed E-state index contributed by atoms with van der Waals surface area (Å²) in [6.07, 6.45) is 0. The standard InChI is InChI=1S/C11H17NO3/c1-12(5-6-13)8-9-3-4-10(15-2)7-11(9)14/h3-4,7,13-14H,5-6,8H2,1-2H3. The van der Waals surface area contributed by atoms with Gasteiger partial charge in [0.1, 0.15) is 11.5 Å². The fourth-order valence-electron chi connectivity index (χ4n) is 1.34. The maximum absolute atomic E-state index is 9.67. The SMILES string of the molecule is COc1ccc(CN(C)CCO)c(O)c1. The lowest BCUT2D eigenvalue weighted by Crippen LogP contribution is -2.21. The molecule has 1 rings (SSSR count). The summed E-state index contributed by atoms with van der Waals surface area (Å²) in [5.74, 6) is 0.861. The fraction of sp³-hybridized carbons (Fsp3) is 0.455. The van der Waals surface area contributed by atoms with Crippen molar-refractivity contribution in [1.82, 2.24) is 4.90 Å². The van der Waals surface area contributed by atoms with Crippen molar-refractivity contribution in [3.05, 3.63) is 23.8 Å². The number of methoxy groups -OCH3 is 1. The van der Waals surface area contributed by atoms with Crippen LogP contribution >= 0.6 is 0 Å². The molecule has 0 fully saturated rings. The third-order valence-electron chi connectivity index (χ3n) is 2.21. The number of rotatable bonds is 5. The maximum atomic E-state index is 9.67. The molecule has 15 heavy (non-hydrogen) atoms. The number of likely N-dealkylation sites (N-methyl/N-ethyl adjacent to an activating group) is 1. The highest BCUT2D eigenvalue weighted by atomic mass is 16.5. The van der Waals surface area contributed by atoms with Crippen molar-refractivity contribution < 1.29 is 14.9 Å². The second kappa shape index (κ2) is 5.58. The van der Waals surface area contributed by atoms with Crippen molar-refractivity contribution in [3.63, 3.8) is 0 Å². The van der Waals surface area contributed by atoms with Crippen molar-refractivity contribution in [2.75, 3.05) is 27.3 Å². The number of phenols is 1. The fourth-order valence-corrected chi connectivity index (χ4v) is 1.34. The second-order valence-corrected chi connectivity index (χ2v) is 3.46. The van der Waals surface area contributed by atoms with Gasteiger partial charge in [-0.3, -0.25) is 4.90 Å². The molecule has 0 aliphatic rings. The van der Waals surface area contributed by atoms with Gasteiger partial charge < -0.3 is 14.9 Å². The average molecular weight is 211 g/mol. The molecule has 0 heterocycles. The first kappa shape index (κ1) is 11.8. The van der Waals surface area contributed by atoms with Gasteiger partial charge in [-0.25, -0.2) is 0 Å². The van der Waals surface area contributed by atoms with Gasteiger partial charge in [0.2, 0.25) is 0 Å². The van der Waals surface area contributed by atoms with Gasteiger partial charge in [0, 0.05) is 24.7 Å². The maximum Gasteiger partial charge on any atom is 0.123 e. The zero-order valence-electron chi connectivity index (χ0n) is 9.10. The Kier molecular flexibility index (Phi) is 4.39. The van der Waals surface area contributed by atoms with E-state index in [0.29, 0.717) is 18.8 Å². The van der Waals surface area contributed by atoms with E-state index in [9.17, 15) is 5.11 Å². The topological polar surface area (TPSA) is 52.9 Å². The van der Waals surface area contributed by atoms with Crippen LogP contribution < -0.4 is 4.74 Å². The normalized spacial score (nSPS) is 10.7. The molecule has 2 N–H and O–H groups in total. The van der Waals surface area contributed by atoms with Gasteiger partial charge in [0.15, 0.2) is 0 Å². The van der Waals surface area contributed by atoms with Crippen LogP contribution in [0.4, 0.5) is 0 Å². The predicted octanol–water partition coefficient (Wildman–Crippen LogP) is 0.825. The Bertz CT molecular complexity index is 315. The Balaban J connectivity index is 2.69. The van der Waals surface area contributed by atoms with Gasteiger partial charge in [-0.15, -0.1) is 0 Å². The molecule has 0 aliphatic heterocycles. The van der Waals surface area contributed by atoms with E-state index in [1.54, 1.807) is 13.2 Å². The zero-order chi connectivity index (χ0) is 11.3. The largest absolute Gasteiger partial charge is 0.507 e. The quantitative estimate of drug-likeness (QED) is 0.757. The number of hydrogen-bond donors (Lipinski definition) is 2. The van der Waals surface area contributed by atoms with E-state index in [-0.39, 0.29) is 12.4 Å². The Morgan fingerprint density at radius 3 is 2.67 bits per heavy atom. The number of phenolic OH excluding ortho intramolecular Hbond substituents is 1. The third kappa shape index (κ3) is 3.42. The Morgan fingerprint density at radius 2 is 2.13 bits per heavy atom. The molecule has 0 atom stereocenters. The highest BCUT2D eigenvalue weighted by molar-refractivity contribution is 5.39. The van der Waals surface area contributed by atoms with Crippen molar-refractivity contribution in [2.45, 2.75) is 6.54 Å².